The van der Waals surface area contributed by atoms with Crippen molar-refractivity contribution in [3.63, 3.8) is 0 Å². The normalized spacial score (nSPS) is 9.33. The van der Waals surface area contributed by atoms with E-state index < -0.39 is 17.7 Å². The van der Waals surface area contributed by atoms with Crippen molar-refractivity contribution in [3.8, 4) is 0 Å². The lowest BCUT2D eigenvalue weighted by molar-refractivity contribution is -0.137. The molecule has 15 heavy (non-hydrogen) atoms. The van der Waals surface area contributed by atoms with Gasteiger partial charge in [0, 0.05) is 19.3 Å². The van der Waals surface area contributed by atoms with Crippen LogP contribution in [0.15, 0.2) is 24.5 Å². The molecule has 0 aliphatic rings. The van der Waals surface area contributed by atoms with E-state index >= 15 is 0 Å². The van der Waals surface area contributed by atoms with E-state index in [9.17, 15) is 13.2 Å². The molecule has 7 heteroatoms. The molecule has 0 saturated carbocycles. The van der Waals surface area contributed by atoms with E-state index in [2.05, 4.69) is 4.98 Å². The van der Waals surface area contributed by atoms with E-state index in [-0.39, 0.29) is 17.0 Å². The van der Waals surface area contributed by atoms with Crippen molar-refractivity contribution in [1.82, 2.24) is 4.98 Å². The second kappa shape index (κ2) is 7.22. The number of carbonyl (C=O) groups is 1. The summed E-state index contributed by atoms with van der Waals surface area (Å²) in [6.07, 6.45) is -2.02. The molecule has 1 aromatic rings. The monoisotopic (exact) mass is 287 g/mol. The Morgan fingerprint density at radius 3 is 1.87 bits per heavy atom. The first-order chi connectivity index (χ1) is 6.34. The first-order valence-electron chi connectivity index (χ1n) is 3.51. The van der Waals surface area contributed by atoms with Crippen molar-refractivity contribution in [3.05, 3.63) is 30.1 Å². The highest BCUT2D eigenvalue weighted by Crippen LogP contribution is 2.27. The average Bonchev–Trinajstić information content (AvgIpc) is 2.03. The molecule has 0 aliphatic carbocycles. The van der Waals surface area contributed by atoms with Gasteiger partial charge in [0.25, 0.3) is 5.97 Å². The van der Waals surface area contributed by atoms with Gasteiger partial charge in [-0.2, -0.15) is 13.2 Å². The fourth-order valence-corrected chi connectivity index (χ4v) is 0.541. The highest BCUT2D eigenvalue weighted by atomic mass is 79.9. The maximum atomic E-state index is 11.8. The summed E-state index contributed by atoms with van der Waals surface area (Å²) < 4.78 is 35.3. The van der Waals surface area contributed by atoms with Crippen LogP contribution in [0, 0.1) is 0 Å². The van der Waals surface area contributed by atoms with Gasteiger partial charge in [0.1, 0.15) is 0 Å². The van der Waals surface area contributed by atoms with E-state index in [0.29, 0.717) is 0 Å². The van der Waals surface area contributed by atoms with Gasteiger partial charge in [0.05, 0.1) is 5.56 Å². The van der Waals surface area contributed by atoms with Gasteiger partial charge >= 0.3 is 6.18 Å². The van der Waals surface area contributed by atoms with E-state index in [4.69, 9.17) is 9.90 Å². The third-order valence-corrected chi connectivity index (χ3v) is 1.01. The molecule has 0 spiro atoms. The number of hydrogen-bond donors (Lipinski definition) is 1. The van der Waals surface area contributed by atoms with Gasteiger partial charge in [-0.15, -0.1) is 17.0 Å². The molecule has 1 rings (SSSR count). The van der Waals surface area contributed by atoms with Crippen LogP contribution in [0.3, 0.4) is 0 Å². The minimum absolute atomic E-state index is 0. The van der Waals surface area contributed by atoms with Crippen molar-refractivity contribution in [2.75, 3.05) is 0 Å². The van der Waals surface area contributed by atoms with E-state index in [0.717, 1.165) is 31.5 Å². The van der Waals surface area contributed by atoms with Crippen LogP contribution in [-0.2, 0) is 11.0 Å². The number of halogens is 4. The van der Waals surface area contributed by atoms with Gasteiger partial charge in [0.2, 0.25) is 0 Å². The highest BCUT2D eigenvalue weighted by molar-refractivity contribution is 8.93. The fourth-order valence-electron chi connectivity index (χ4n) is 0.541. The lowest BCUT2D eigenvalue weighted by Crippen LogP contribution is -2.03. The van der Waals surface area contributed by atoms with Crippen LogP contribution in [0.5, 0.6) is 0 Å². The summed E-state index contributed by atoms with van der Waals surface area (Å²) in [6, 6.07) is 1.86. The number of aromatic nitrogens is 1. The SMILES string of the molecule is Br.CC(=O)O.FC(F)(F)c1ccncc1. The van der Waals surface area contributed by atoms with E-state index in [1.165, 1.54) is 0 Å². The lowest BCUT2D eigenvalue weighted by atomic mass is 10.3. The lowest BCUT2D eigenvalue weighted by Gasteiger charge is -2.03. The van der Waals surface area contributed by atoms with Gasteiger partial charge in [-0.05, 0) is 12.1 Å². The predicted molar refractivity (Wildman–Crippen MR) is 52.9 cm³/mol. The molecule has 0 fully saturated rings. The summed E-state index contributed by atoms with van der Waals surface area (Å²) in [5.74, 6) is -0.833. The molecule has 0 atom stereocenters. The number of rotatable bonds is 0. The first-order valence-corrected chi connectivity index (χ1v) is 3.51. The quantitative estimate of drug-likeness (QED) is 0.798. The Kier molecular flexibility index (Phi) is 7.85. The van der Waals surface area contributed by atoms with Crippen molar-refractivity contribution in [1.29, 1.82) is 0 Å². The number of aliphatic carboxylic acids is 1. The van der Waals surface area contributed by atoms with E-state index in [1.807, 2.05) is 0 Å². The summed E-state index contributed by atoms with van der Waals surface area (Å²) in [7, 11) is 0. The maximum absolute atomic E-state index is 11.8. The molecule has 3 nitrogen and oxygen atoms in total. The van der Waals surface area contributed by atoms with Crippen molar-refractivity contribution >= 4 is 23.0 Å². The fraction of sp³-hybridized carbons (Fsp3) is 0.250. The number of carboxylic acids is 1. The zero-order chi connectivity index (χ0) is 11.2. The highest BCUT2D eigenvalue weighted by Gasteiger charge is 2.29. The topological polar surface area (TPSA) is 50.2 Å². The van der Waals surface area contributed by atoms with Gasteiger partial charge in [-0.25, -0.2) is 0 Å². The van der Waals surface area contributed by atoms with Gasteiger partial charge < -0.3 is 5.11 Å². The van der Waals surface area contributed by atoms with E-state index in [1.54, 1.807) is 0 Å². The Bertz CT molecular complexity index is 286. The molecule has 0 aliphatic heterocycles. The van der Waals surface area contributed by atoms with Gasteiger partial charge in [-0.1, -0.05) is 0 Å². The van der Waals surface area contributed by atoms with Gasteiger partial charge in [-0.3, -0.25) is 9.78 Å². The summed E-state index contributed by atoms with van der Waals surface area (Å²) >= 11 is 0. The summed E-state index contributed by atoms with van der Waals surface area (Å²) in [5.41, 5.74) is -0.664. The van der Waals surface area contributed by atoms with Crippen LogP contribution in [0.2, 0.25) is 0 Å². The second-order valence-corrected chi connectivity index (χ2v) is 2.25. The molecule has 0 saturated heterocycles. The molecular weight excluding hydrogens is 279 g/mol. The Morgan fingerprint density at radius 1 is 1.33 bits per heavy atom. The van der Waals surface area contributed by atoms with Crippen molar-refractivity contribution in [2.24, 2.45) is 0 Å². The third-order valence-electron chi connectivity index (χ3n) is 1.01. The van der Waals surface area contributed by atoms with Crippen molar-refractivity contribution < 1.29 is 23.1 Å². The Balaban J connectivity index is 0. The number of pyridine rings is 1. The number of nitrogens with zero attached hydrogens (tertiary/aromatic N) is 1. The van der Waals surface area contributed by atoms with Gasteiger partial charge in [0.15, 0.2) is 0 Å². The van der Waals surface area contributed by atoms with Crippen molar-refractivity contribution in [2.45, 2.75) is 13.1 Å². The largest absolute Gasteiger partial charge is 0.481 e. The maximum Gasteiger partial charge on any atom is 0.416 e. The molecule has 1 N–H and O–H groups in total. The third kappa shape index (κ3) is 9.20. The Labute approximate surface area is 94.7 Å². The molecule has 0 aromatic carbocycles. The molecule has 0 radical (unpaired) electrons. The minimum Gasteiger partial charge on any atom is -0.481 e. The molecule has 1 aromatic heterocycles. The number of carboxylic acid groups (broad SMARTS) is 1. The van der Waals surface area contributed by atoms with Crippen LogP contribution < -0.4 is 0 Å². The first kappa shape index (κ1) is 16.3. The van der Waals surface area contributed by atoms with Crippen LogP contribution in [-0.4, -0.2) is 16.1 Å². The molecule has 1 heterocycles. The summed E-state index contributed by atoms with van der Waals surface area (Å²) in [5, 5.41) is 7.42. The molecule has 0 amide bonds. The zero-order valence-corrected chi connectivity index (χ0v) is 9.37. The molecule has 0 unspecified atom stereocenters. The molecular formula is C8H9BrF3NO2. The standard InChI is InChI=1S/C6H4F3N.C2H4O2.BrH/c7-6(8,9)5-1-3-10-4-2-5;1-2(3)4;/h1-4H;1H3,(H,3,4);1H. The molecule has 0 bridgehead atoms. The number of hydrogen-bond acceptors (Lipinski definition) is 2. The summed E-state index contributed by atoms with van der Waals surface area (Å²) in [6.45, 7) is 1.08. The predicted octanol–water partition coefficient (Wildman–Crippen LogP) is 2.77. The Morgan fingerprint density at radius 2 is 1.67 bits per heavy atom. The summed E-state index contributed by atoms with van der Waals surface area (Å²) in [4.78, 5) is 12.5. The molecule has 86 valence electrons. The second-order valence-electron chi connectivity index (χ2n) is 2.25. The average molecular weight is 288 g/mol. The minimum atomic E-state index is -4.25. The van der Waals surface area contributed by atoms with Crippen LogP contribution in [0.4, 0.5) is 13.2 Å². The Hall–Kier alpha value is -1.11. The zero-order valence-electron chi connectivity index (χ0n) is 7.65. The van der Waals surface area contributed by atoms with Crippen LogP contribution in [0.25, 0.3) is 0 Å². The number of alkyl halides is 3. The smallest absolute Gasteiger partial charge is 0.416 e. The van der Waals surface area contributed by atoms with Crippen LogP contribution >= 0.6 is 17.0 Å². The van der Waals surface area contributed by atoms with Crippen LogP contribution in [0.1, 0.15) is 12.5 Å².